The third-order valence-corrected chi connectivity index (χ3v) is 12.6. The number of rotatable bonds is 0. The zero-order valence-corrected chi connectivity index (χ0v) is 11.0. The Hall–Kier alpha value is -0.173. The van der Waals surface area contributed by atoms with Crippen LogP contribution in [0.3, 0.4) is 0 Å². The first-order valence-corrected chi connectivity index (χ1v) is 8.25. The number of hydrogen-bond donors (Lipinski definition) is 0. The summed E-state index contributed by atoms with van der Waals surface area (Å²) in [6.07, 6.45) is 0. The molecule has 2 rings (SSSR count). The minimum absolute atomic E-state index is 0.578. The summed E-state index contributed by atoms with van der Waals surface area (Å²) in [7, 11) is -1.02. The van der Waals surface area contributed by atoms with Crippen molar-refractivity contribution in [2.45, 2.75) is 57.8 Å². The molecule has 2 unspecified atom stereocenters. The largest absolute Gasteiger partial charge is 0.122 e. The van der Waals surface area contributed by atoms with Crippen molar-refractivity contribution in [3.05, 3.63) is 17.1 Å². The maximum absolute atomic E-state index is 2.55. The minimum atomic E-state index is -1.02. The Bertz CT molecular complexity index is 313. The Labute approximate surface area is 83.4 Å². The fourth-order valence-electron chi connectivity index (χ4n) is 4.06. The van der Waals surface area contributed by atoms with Gasteiger partial charge in [-0.05, 0) is 20.8 Å². The highest BCUT2D eigenvalue weighted by Gasteiger charge is 2.90. The second kappa shape index (κ2) is 1.93. The quantitative estimate of drug-likeness (QED) is 0.400. The lowest BCUT2D eigenvalue weighted by Gasteiger charge is -2.13. The van der Waals surface area contributed by atoms with Crippen LogP contribution in [-0.2, 0) is 0 Å². The highest BCUT2D eigenvalue weighted by molar-refractivity contribution is 6.96. The zero-order chi connectivity index (χ0) is 10.2. The monoisotopic (exact) mass is 193 g/mol. The van der Waals surface area contributed by atoms with Gasteiger partial charge in [0.25, 0.3) is 0 Å². The summed E-state index contributed by atoms with van der Waals surface area (Å²) in [5, 5.41) is 1.16. The topological polar surface area (TPSA) is 0 Å². The van der Waals surface area contributed by atoms with Crippen molar-refractivity contribution >= 4 is 8.07 Å². The molecule has 0 aromatic rings. The second-order valence-electron chi connectivity index (χ2n) is 5.75. The highest BCUT2D eigenvalue weighted by Crippen LogP contribution is 2.92. The maximum Gasteiger partial charge on any atom is 0.122 e. The molecule has 0 nitrogen and oxygen atoms in total. The van der Waals surface area contributed by atoms with Crippen molar-refractivity contribution in [3.8, 4) is 0 Å². The Morgan fingerprint density at radius 2 is 1.62 bits per heavy atom. The molecule has 72 valence electrons. The predicted octanol–water partition coefficient (Wildman–Crippen LogP) is 4.17. The lowest BCUT2D eigenvalue weighted by atomic mass is 9.90. The summed E-state index contributed by atoms with van der Waals surface area (Å²) in [6, 6.07) is 0. The van der Waals surface area contributed by atoms with Gasteiger partial charge in [-0.1, -0.05) is 13.1 Å². The first-order valence-electron chi connectivity index (χ1n) is 5.25. The number of fused-ring (bicyclic) bond motifs is 1. The molecule has 0 spiro atoms. The molecule has 13 heavy (non-hydrogen) atoms. The summed E-state index contributed by atoms with van der Waals surface area (Å²) < 4.78 is 0. The molecule has 1 fully saturated rings. The summed E-state index contributed by atoms with van der Waals surface area (Å²) in [6.45, 7) is 17.1. The van der Waals surface area contributed by atoms with E-state index in [1.165, 1.54) is 0 Å². The van der Waals surface area contributed by atoms with Gasteiger partial charge < -0.3 is 0 Å². The van der Waals surface area contributed by atoms with Crippen LogP contribution in [0.15, 0.2) is 11.1 Å². The molecule has 1 heterocycles. The van der Waals surface area contributed by atoms with E-state index in [-0.39, 0.29) is 0 Å². The molecule has 2 atom stereocenters. The van der Waals surface area contributed by atoms with Crippen LogP contribution in [0.4, 0.5) is 0 Å². The van der Waals surface area contributed by atoms with Crippen molar-refractivity contribution in [2.24, 2.45) is 0 Å². The van der Waals surface area contributed by atoms with Crippen molar-refractivity contribution in [1.82, 2.24) is 0 Å². The first kappa shape index (κ1) is 9.38. The van der Waals surface area contributed by atoms with Crippen LogP contribution in [0.2, 0.25) is 23.2 Å². The summed E-state index contributed by atoms with van der Waals surface area (Å²) in [4.78, 5) is 0. The molecule has 0 aromatic heterocycles. The SMILES string of the molecule is CC1=C(C)C2(C)C(C)([C+]1C)[Si]2(C)C. The van der Waals surface area contributed by atoms with E-state index in [1.807, 2.05) is 0 Å². The first-order chi connectivity index (χ1) is 5.73. The molecular weight excluding hydrogens is 172 g/mol. The van der Waals surface area contributed by atoms with E-state index in [1.54, 1.807) is 17.1 Å². The van der Waals surface area contributed by atoms with E-state index in [4.69, 9.17) is 0 Å². The van der Waals surface area contributed by atoms with Crippen molar-refractivity contribution < 1.29 is 0 Å². The molecule has 1 aliphatic carbocycles. The molecule has 1 heteroatoms. The van der Waals surface area contributed by atoms with Gasteiger partial charge in [-0.3, -0.25) is 0 Å². The minimum Gasteiger partial charge on any atom is -0.0645 e. The van der Waals surface area contributed by atoms with Gasteiger partial charge in [0.2, 0.25) is 0 Å². The molecule has 1 saturated heterocycles. The average molecular weight is 193 g/mol. The maximum atomic E-state index is 2.55. The third-order valence-electron chi connectivity index (χ3n) is 6.06. The van der Waals surface area contributed by atoms with Gasteiger partial charge in [0.15, 0.2) is 0 Å². The third kappa shape index (κ3) is 0.568. The van der Waals surface area contributed by atoms with E-state index >= 15 is 0 Å². The fraction of sp³-hybridized carbons (Fsp3) is 0.750. The molecule has 2 aliphatic rings. The molecule has 0 N–H and O–H groups in total. The van der Waals surface area contributed by atoms with Crippen molar-refractivity contribution in [2.75, 3.05) is 0 Å². The normalized spacial score (nSPS) is 46.8. The molecule has 0 bridgehead atoms. The van der Waals surface area contributed by atoms with E-state index in [0.29, 0.717) is 10.1 Å². The molecule has 0 saturated carbocycles. The van der Waals surface area contributed by atoms with Crippen LogP contribution in [0, 0.1) is 5.92 Å². The Balaban J connectivity index is 2.59. The summed E-state index contributed by atoms with van der Waals surface area (Å²) >= 11 is 0. The summed E-state index contributed by atoms with van der Waals surface area (Å²) in [5.41, 5.74) is 3.28. The summed E-state index contributed by atoms with van der Waals surface area (Å²) in [5.74, 6) is 1.68. The molecule has 1 aliphatic heterocycles. The second-order valence-corrected chi connectivity index (χ2v) is 11.0. The van der Waals surface area contributed by atoms with Crippen LogP contribution >= 0.6 is 0 Å². The predicted molar refractivity (Wildman–Crippen MR) is 61.5 cm³/mol. The van der Waals surface area contributed by atoms with Crippen LogP contribution < -0.4 is 0 Å². The van der Waals surface area contributed by atoms with Crippen LogP contribution in [-0.4, -0.2) is 8.07 Å². The molecule has 0 amide bonds. The Morgan fingerprint density at radius 1 is 1.15 bits per heavy atom. The van der Waals surface area contributed by atoms with E-state index in [0.717, 1.165) is 0 Å². The van der Waals surface area contributed by atoms with Crippen LogP contribution in [0.25, 0.3) is 0 Å². The lowest BCUT2D eigenvalue weighted by Crippen LogP contribution is -2.19. The highest BCUT2D eigenvalue weighted by atomic mass is 28.3. The van der Waals surface area contributed by atoms with Gasteiger partial charge in [-0.2, -0.15) is 0 Å². The molecule has 0 aromatic carbocycles. The van der Waals surface area contributed by atoms with Gasteiger partial charge in [-0.25, -0.2) is 0 Å². The number of hydrogen-bond acceptors (Lipinski definition) is 0. The van der Waals surface area contributed by atoms with E-state index < -0.39 is 8.07 Å². The van der Waals surface area contributed by atoms with Gasteiger partial charge in [0, 0.05) is 13.8 Å². The van der Waals surface area contributed by atoms with Gasteiger partial charge in [0.05, 0.1) is 21.6 Å². The number of allylic oxidation sites excluding steroid dienone is 2. The van der Waals surface area contributed by atoms with Gasteiger partial charge in [-0.15, -0.1) is 0 Å². The van der Waals surface area contributed by atoms with Crippen LogP contribution in [0.5, 0.6) is 0 Å². The van der Waals surface area contributed by atoms with Crippen LogP contribution in [0.1, 0.15) is 34.6 Å². The van der Waals surface area contributed by atoms with Gasteiger partial charge >= 0.3 is 0 Å². The lowest BCUT2D eigenvalue weighted by molar-refractivity contribution is 0.670. The molecular formula is C12H21Si+. The van der Waals surface area contributed by atoms with Gasteiger partial charge in [0.1, 0.15) is 13.6 Å². The smallest absolute Gasteiger partial charge is 0.0645 e. The van der Waals surface area contributed by atoms with Crippen molar-refractivity contribution in [1.29, 1.82) is 0 Å². The Kier molecular flexibility index (Phi) is 1.39. The average Bonchev–Trinajstić information content (AvgIpc) is 2.36. The molecule has 0 radical (unpaired) electrons. The van der Waals surface area contributed by atoms with Crippen molar-refractivity contribution in [3.63, 3.8) is 0 Å². The zero-order valence-electron chi connectivity index (χ0n) is 10.0. The van der Waals surface area contributed by atoms with E-state index in [9.17, 15) is 0 Å². The standard InChI is InChI=1S/C12H21Si/c1-8-9(2)11(4)12(5,10(8)3)13(11,6)7/h1-7H3/q+1. The fourth-order valence-corrected chi connectivity index (χ4v) is 10.1. The van der Waals surface area contributed by atoms with E-state index in [2.05, 4.69) is 47.7 Å². The Morgan fingerprint density at radius 3 is 1.85 bits per heavy atom.